The monoisotopic (exact) mass is 422 g/mol. The summed E-state index contributed by atoms with van der Waals surface area (Å²) in [4.78, 5) is 22.2. The zero-order chi connectivity index (χ0) is 21.1. The minimum Gasteiger partial charge on any atom is -0.438 e. The van der Waals surface area contributed by atoms with Gasteiger partial charge >= 0.3 is 0 Å². The highest BCUT2D eigenvalue weighted by Gasteiger charge is 2.44. The van der Waals surface area contributed by atoms with Crippen molar-refractivity contribution in [1.29, 1.82) is 0 Å². The second kappa shape index (κ2) is 8.44. The molecular formula is C23H26N4O2S. The molecule has 0 spiro atoms. The number of anilines is 2. The highest BCUT2D eigenvalue weighted by Crippen LogP contribution is 2.51. The first-order chi connectivity index (χ1) is 14.5. The van der Waals surface area contributed by atoms with Crippen molar-refractivity contribution in [2.75, 3.05) is 17.2 Å². The summed E-state index contributed by atoms with van der Waals surface area (Å²) < 4.78 is 6.14. The average Bonchev–Trinajstić information content (AvgIpc) is 3.25. The van der Waals surface area contributed by atoms with Crippen molar-refractivity contribution in [2.24, 2.45) is 5.41 Å². The summed E-state index contributed by atoms with van der Waals surface area (Å²) in [7, 11) is 0. The SMILES string of the molecule is CCCCNc1ccc2c(n1)Oc1ccccc1C2C(C)(C)C(=O)Nc1nccs1. The quantitative estimate of drug-likeness (QED) is 0.481. The molecule has 0 radical (unpaired) electrons. The predicted molar refractivity (Wildman–Crippen MR) is 121 cm³/mol. The summed E-state index contributed by atoms with van der Waals surface area (Å²) >= 11 is 1.41. The van der Waals surface area contributed by atoms with Crippen LogP contribution in [0, 0.1) is 5.41 Å². The smallest absolute Gasteiger partial charge is 0.232 e. The molecule has 3 heterocycles. The van der Waals surface area contributed by atoms with E-state index in [1.54, 1.807) is 6.20 Å². The molecule has 4 rings (SSSR count). The fourth-order valence-electron chi connectivity index (χ4n) is 3.78. The van der Waals surface area contributed by atoms with E-state index in [1.807, 2.05) is 55.6 Å². The van der Waals surface area contributed by atoms with Crippen LogP contribution >= 0.6 is 11.3 Å². The van der Waals surface area contributed by atoms with Crippen LogP contribution in [-0.2, 0) is 4.79 Å². The van der Waals surface area contributed by atoms with E-state index in [4.69, 9.17) is 9.72 Å². The van der Waals surface area contributed by atoms with Gasteiger partial charge in [0.15, 0.2) is 5.13 Å². The van der Waals surface area contributed by atoms with Crippen LogP contribution in [0.2, 0.25) is 0 Å². The van der Waals surface area contributed by atoms with E-state index in [0.717, 1.165) is 42.1 Å². The van der Waals surface area contributed by atoms with Crippen LogP contribution in [0.5, 0.6) is 11.6 Å². The molecule has 1 aliphatic rings. The highest BCUT2D eigenvalue weighted by atomic mass is 32.1. The van der Waals surface area contributed by atoms with Gasteiger partial charge in [-0.2, -0.15) is 4.98 Å². The first-order valence-corrected chi connectivity index (χ1v) is 11.1. The Kier molecular flexibility index (Phi) is 5.72. The number of carbonyl (C=O) groups excluding carboxylic acids is 1. The van der Waals surface area contributed by atoms with Gasteiger partial charge in [0.25, 0.3) is 0 Å². The Hall–Kier alpha value is -2.93. The Balaban J connectivity index is 1.71. The minimum absolute atomic E-state index is 0.0877. The molecule has 6 nitrogen and oxygen atoms in total. The first kappa shape index (κ1) is 20.3. The molecule has 1 unspecified atom stereocenters. The van der Waals surface area contributed by atoms with Crippen LogP contribution in [0.25, 0.3) is 0 Å². The fourth-order valence-corrected chi connectivity index (χ4v) is 4.30. The van der Waals surface area contributed by atoms with Crippen LogP contribution < -0.4 is 15.4 Å². The van der Waals surface area contributed by atoms with E-state index in [9.17, 15) is 4.79 Å². The molecule has 0 saturated carbocycles. The van der Waals surface area contributed by atoms with Crippen LogP contribution in [-0.4, -0.2) is 22.4 Å². The Bertz CT molecular complexity index is 1030. The Morgan fingerprint density at radius 2 is 2.03 bits per heavy atom. The maximum absolute atomic E-state index is 13.3. The molecule has 0 fully saturated rings. The summed E-state index contributed by atoms with van der Waals surface area (Å²) in [6, 6.07) is 11.9. The van der Waals surface area contributed by atoms with Crippen molar-refractivity contribution in [3.8, 4) is 11.6 Å². The zero-order valence-corrected chi connectivity index (χ0v) is 18.3. The van der Waals surface area contributed by atoms with Crippen molar-refractivity contribution in [1.82, 2.24) is 9.97 Å². The normalized spacial score (nSPS) is 15.0. The van der Waals surface area contributed by atoms with E-state index < -0.39 is 5.41 Å². The van der Waals surface area contributed by atoms with Crippen molar-refractivity contribution in [3.05, 3.63) is 59.1 Å². The number of para-hydroxylation sites is 1. The number of ether oxygens (including phenoxy) is 1. The van der Waals surface area contributed by atoms with Crippen LogP contribution in [0.3, 0.4) is 0 Å². The number of aromatic nitrogens is 2. The number of nitrogens with zero attached hydrogens (tertiary/aromatic N) is 2. The lowest BCUT2D eigenvalue weighted by Gasteiger charge is -2.37. The highest BCUT2D eigenvalue weighted by molar-refractivity contribution is 7.13. The summed E-state index contributed by atoms with van der Waals surface area (Å²) in [6.45, 7) is 6.94. The molecule has 2 N–H and O–H groups in total. The molecule has 1 aromatic carbocycles. The number of hydrogen-bond acceptors (Lipinski definition) is 6. The molecule has 2 aromatic heterocycles. The lowest BCUT2D eigenvalue weighted by molar-refractivity contribution is -0.124. The molecular weight excluding hydrogens is 396 g/mol. The topological polar surface area (TPSA) is 76.1 Å². The van der Waals surface area contributed by atoms with Crippen LogP contribution in [0.4, 0.5) is 10.9 Å². The molecule has 30 heavy (non-hydrogen) atoms. The van der Waals surface area contributed by atoms with Gasteiger partial charge in [-0.25, -0.2) is 4.98 Å². The van der Waals surface area contributed by atoms with Crippen molar-refractivity contribution >= 4 is 28.2 Å². The average molecular weight is 423 g/mol. The van der Waals surface area contributed by atoms with Gasteiger partial charge in [-0.15, -0.1) is 11.3 Å². The van der Waals surface area contributed by atoms with Gasteiger partial charge in [0.05, 0.1) is 5.41 Å². The number of amides is 1. The molecule has 1 aliphatic heterocycles. The van der Waals surface area contributed by atoms with Gasteiger partial charge in [-0.05, 0) is 24.6 Å². The van der Waals surface area contributed by atoms with Gasteiger partial charge in [0, 0.05) is 35.2 Å². The third-order valence-corrected chi connectivity index (χ3v) is 6.12. The number of thiazole rings is 1. The van der Waals surface area contributed by atoms with Gasteiger partial charge in [-0.3, -0.25) is 4.79 Å². The van der Waals surface area contributed by atoms with Gasteiger partial charge < -0.3 is 15.4 Å². The minimum atomic E-state index is -0.751. The number of rotatable bonds is 7. The maximum Gasteiger partial charge on any atom is 0.232 e. The van der Waals surface area contributed by atoms with E-state index in [-0.39, 0.29) is 11.8 Å². The number of fused-ring (bicyclic) bond motifs is 2. The van der Waals surface area contributed by atoms with E-state index in [1.165, 1.54) is 11.3 Å². The third kappa shape index (κ3) is 3.89. The molecule has 1 amide bonds. The van der Waals surface area contributed by atoms with Crippen LogP contribution in [0.1, 0.15) is 50.7 Å². The Morgan fingerprint density at radius 1 is 1.20 bits per heavy atom. The third-order valence-electron chi connectivity index (χ3n) is 5.43. The predicted octanol–water partition coefficient (Wildman–Crippen LogP) is 5.65. The maximum atomic E-state index is 13.3. The van der Waals surface area contributed by atoms with Gasteiger partial charge in [0.2, 0.25) is 11.8 Å². The standard InChI is InChI=1S/C23H26N4O2S/c1-4-5-12-24-18-11-10-16-19(15-8-6-7-9-17(15)29-20(16)26-18)23(2,3)21(28)27-22-25-13-14-30-22/h6-11,13-14,19H,4-5,12H2,1-3H3,(H,24,26)(H,25,27,28). The molecule has 0 saturated heterocycles. The summed E-state index contributed by atoms with van der Waals surface area (Å²) in [5, 5.41) is 8.76. The first-order valence-electron chi connectivity index (χ1n) is 10.2. The van der Waals surface area contributed by atoms with Crippen LogP contribution in [0.15, 0.2) is 48.0 Å². The molecule has 0 aliphatic carbocycles. The van der Waals surface area contributed by atoms with E-state index in [0.29, 0.717) is 11.0 Å². The number of carbonyl (C=O) groups is 1. The molecule has 0 bridgehead atoms. The van der Waals surface area contributed by atoms with Crippen molar-refractivity contribution < 1.29 is 9.53 Å². The van der Waals surface area contributed by atoms with E-state index in [2.05, 4.69) is 22.5 Å². The lowest BCUT2D eigenvalue weighted by Crippen LogP contribution is -2.38. The summed E-state index contributed by atoms with van der Waals surface area (Å²) in [6.07, 6.45) is 3.88. The Morgan fingerprint density at radius 3 is 2.80 bits per heavy atom. The second-order valence-corrected chi connectivity index (χ2v) is 8.85. The summed E-state index contributed by atoms with van der Waals surface area (Å²) in [5.41, 5.74) is 1.14. The van der Waals surface area contributed by atoms with Gasteiger partial charge in [0.1, 0.15) is 11.6 Å². The molecule has 3 aromatic rings. The van der Waals surface area contributed by atoms with Crippen molar-refractivity contribution in [3.63, 3.8) is 0 Å². The number of nitrogens with one attached hydrogen (secondary N) is 2. The van der Waals surface area contributed by atoms with Gasteiger partial charge in [-0.1, -0.05) is 45.4 Å². The molecule has 1 atom stereocenters. The summed E-state index contributed by atoms with van der Waals surface area (Å²) in [5.74, 6) is 1.79. The lowest BCUT2D eigenvalue weighted by atomic mass is 9.70. The van der Waals surface area contributed by atoms with Crippen molar-refractivity contribution in [2.45, 2.75) is 39.5 Å². The number of benzene rings is 1. The Labute approximate surface area is 180 Å². The fraction of sp³-hybridized carbons (Fsp3) is 0.348. The number of hydrogen-bond donors (Lipinski definition) is 2. The number of pyridine rings is 1. The number of unbranched alkanes of at least 4 members (excludes halogenated alkanes) is 1. The molecule has 156 valence electrons. The van der Waals surface area contributed by atoms with E-state index >= 15 is 0 Å². The zero-order valence-electron chi connectivity index (χ0n) is 17.4. The second-order valence-electron chi connectivity index (χ2n) is 7.96. The largest absolute Gasteiger partial charge is 0.438 e. The molecule has 7 heteroatoms.